The molecule has 0 aromatic rings. The van der Waals surface area contributed by atoms with E-state index in [1.807, 2.05) is 6.92 Å². The summed E-state index contributed by atoms with van der Waals surface area (Å²) >= 11 is 0. The van der Waals surface area contributed by atoms with Crippen molar-refractivity contribution in [1.82, 2.24) is 0 Å². The van der Waals surface area contributed by atoms with Gasteiger partial charge in [0, 0.05) is 6.08 Å². The van der Waals surface area contributed by atoms with Crippen LogP contribution in [0.2, 0.25) is 0 Å². The quantitative estimate of drug-likeness (QED) is 0.0971. The summed E-state index contributed by atoms with van der Waals surface area (Å²) in [5.74, 6) is -0.897. The third-order valence-electron chi connectivity index (χ3n) is 3.92. The summed E-state index contributed by atoms with van der Waals surface area (Å²) in [5, 5.41) is 9.46. The zero-order valence-electron chi connectivity index (χ0n) is 18.3. The summed E-state index contributed by atoms with van der Waals surface area (Å²) in [6, 6.07) is 2.45. The molecule has 0 rings (SSSR count). The van der Waals surface area contributed by atoms with Crippen LogP contribution in [0.5, 0.6) is 0 Å². The standard InChI is InChI=1S/C22H35NO6/c1-7-19(24)27-13-14-28-29-18(2)15-20(25)26-12-10-8-9-11-22(6,17-23)16-21(3,4)5/h7H,1-2,8-16H2,3-6H3. The zero-order valence-corrected chi connectivity index (χ0v) is 18.3. The predicted octanol–water partition coefficient (Wildman–Crippen LogP) is 4.64. The van der Waals surface area contributed by atoms with Gasteiger partial charge in [-0.2, -0.15) is 10.1 Å². The number of nitriles is 1. The molecule has 1 unspecified atom stereocenters. The first-order valence-corrected chi connectivity index (χ1v) is 9.85. The SMILES string of the molecule is C=CC(=O)OCCOOC(=C)CC(=O)OCCCCCC(C)(C#N)CC(C)(C)C. The summed E-state index contributed by atoms with van der Waals surface area (Å²) in [5.41, 5.74) is -0.210. The van der Waals surface area contributed by atoms with Crippen LogP contribution in [0.3, 0.4) is 0 Å². The normalized spacial score (nSPS) is 12.9. The fraction of sp³-hybridized carbons (Fsp3) is 0.682. The van der Waals surface area contributed by atoms with Crippen molar-refractivity contribution < 1.29 is 28.8 Å². The summed E-state index contributed by atoms with van der Waals surface area (Å²) in [6.45, 7) is 15.6. The highest BCUT2D eigenvalue weighted by molar-refractivity contribution is 5.81. The second kappa shape index (κ2) is 13.8. The van der Waals surface area contributed by atoms with Crippen LogP contribution < -0.4 is 0 Å². The van der Waals surface area contributed by atoms with Crippen LogP contribution in [0.1, 0.15) is 66.2 Å². The molecule has 29 heavy (non-hydrogen) atoms. The van der Waals surface area contributed by atoms with Crippen LogP contribution in [-0.4, -0.2) is 31.8 Å². The topological polar surface area (TPSA) is 94.8 Å². The van der Waals surface area contributed by atoms with E-state index in [0.29, 0.717) is 6.61 Å². The first-order chi connectivity index (χ1) is 13.5. The molecule has 7 heteroatoms. The van der Waals surface area contributed by atoms with E-state index in [4.69, 9.17) is 19.2 Å². The molecule has 0 aliphatic heterocycles. The van der Waals surface area contributed by atoms with E-state index in [-0.39, 0.29) is 36.2 Å². The van der Waals surface area contributed by atoms with Crippen LogP contribution in [-0.2, 0) is 28.8 Å². The summed E-state index contributed by atoms with van der Waals surface area (Å²) in [7, 11) is 0. The molecule has 0 fully saturated rings. The lowest BCUT2D eigenvalue weighted by molar-refractivity contribution is -0.268. The molecule has 0 bridgehead atoms. The minimum atomic E-state index is -0.553. The van der Waals surface area contributed by atoms with Crippen LogP contribution in [0.4, 0.5) is 0 Å². The summed E-state index contributed by atoms with van der Waals surface area (Å²) in [4.78, 5) is 32.1. The first-order valence-electron chi connectivity index (χ1n) is 9.85. The average Bonchev–Trinajstić information content (AvgIpc) is 2.62. The van der Waals surface area contributed by atoms with Gasteiger partial charge in [0.05, 0.1) is 18.1 Å². The molecule has 0 radical (unpaired) electrons. The van der Waals surface area contributed by atoms with Crippen molar-refractivity contribution in [2.75, 3.05) is 19.8 Å². The number of carbonyl (C=O) groups excluding carboxylic acids is 2. The molecule has 0 heterocycles. The molecule has 0 aliphatic rings. The fourth-order valence-corrected chi connectivity index (χ4v) is 2.94. The number of carbonyl (C=O) groups is 2. The van der Waals surface area contributed by atoms with Crippen molar-refractivity contribution in [1.29, 1.82) is 5.26 Å². The Morgan fingerprint density at radius 2 is 1.72 bits per heavy atom. The maximum absolute atomic E-state index is 11.7. The number of nitrogens with zero attached hydrogens (tertiary/aromatic N) is 1. The Labute approximate surface area is 174 Å². The third-order valence-corrected chi connectivity index (χ3v) is 3.92. The lowest BCUT2D eigenvalue weighted by Crippen LogP contribution is -2.22. The second-order valence-electron chi connectivity index (χ2n) is 8.43. The Kier molecular flexibility index (Phi) is 12.7. The molecule has 1 atom stereocenters. The van der Waals surface area contributed by atoms with E-state index < -0.39 is 11.9 Å². The van der Waals surface area contributed by atoms with Crippen LogP contribution >= 0.6 is 0 Å². The number of rotatable bonds is 15. The molecule has 0 aromatic carbocycles. The Balaban J connectivity index is 3.81. The number of esters is 2. The first kappa shape index (κ1) is 26.7. The van der Waals surface area contributed by atoms with E-state index in [0.717, 1.165) is 38.2 Å². The van der Waals surface area contributed by atoms with Gasteiger partial charge in [0.1, 0.15) is 25.4 Å². The van der Waals surface area contributed by atoms with Crippen LogP contribution in [0.15, 0.2) is 25.0 Å². The van der Waals surface area contributed by atoms with Crippen molar-refractivity contribution in [3.8, 4) is 6.07 Å². The molecule has 0 spiro atoms. The Morgan fingerprint density at radius 1 is 1.03 bits per heavy atom. The lowest BCUT2D eigenvalue weighted by Gasteiger charge is -2.30. The Morgan fingerprint density at radius 3 is 2.31 bits per heavy atom. The molecule has 0 saturated heterocycles. The third kappa shape index (κ3) is 15.3. The highest BCUT2D eigenvalue weighted by atomic mass is 17.2. The molecule has 0 amide bonds. The maximum atomic E-state index is 11.7. The van der Waals surface area contributed by atoms with Crippen molar-refractivity contribution in [2.24, 2.45) is 10.8 Å². The number of ether oxygens (including phenoxy) is 2. The molecular weight excluding hydrogens is 374 g/mol. The molecule has 0 aliphatic carbocycles. The Hall–Kier alpha value is -2.33. The maximum Gasteiger partial charge on any atom is 0.330 e. The van der Waals surface area contributed by atoms with Gasteiger partial charge in [-0.25, -0.2) is 4.79 Å². The van der Waals surface area contributed by atoms with Crippen LogP contribution in [0.25, 0.3) is 0 Å². The van der Waals surface area contributed by atoms with E-state index in [1.54, 1.807) is 0 Å². The van der Waals surface area contributed by atoms with E-state index in [2.05, 4.69) is 40.0 Å². The van der Waals surface area contributed by atoms with E-state index in [9.17, 15) is 14.9 Å². The summed E-state index contributed by atoms with van der Waals surface area (Å²) < 4.78 is 9.83. The summed E-state index contributed by atoms with van der Waals surface area (Å²) in [6.07, 6.45) is 5.15. The minimum absolute atomic E-state index is 0.00315. The van der Waals surface area contributed by atoms with Gasteiger partial charge in [-0.1, -0.05) is 46.8 Å². The molecule has 0 N–H and O–H groups in total. The zero-order chi connectivity index (χ0) is 22.3. The highest BCUT2D eigenvalue weighted by Crippen LogP contribution is 2.36. The van der Waals surface area contributed by atoms with Crippen molar-refractivity contribution in [3.63, 3.8) is 0 Å². The van der Waals surface area contributed by atoms with Gasteiger partial charge in [-0.15, -0.1) is 0 Å². The highest BCUT2D eigenvalue weighted by Gasteiger charge is 2.29. The van der Waals surface area contributed by atoms with Gasteiger partial charge in [0.2, 0.25) is 0 Å². The Bertz CT molecular complexity index is 587. The number of unbranched alkanes of at least 4 members (excludes halogenated alkanes) is 2. The van der Waals surface area contributed by atoms with Gasteiger partial charge < -0.3 is 14.4 Å². The average molecular weight is 410 g/mol. The largest absolute Gasteiger partial charge is 0.465 e. The van der Waals surface area contributed by atoms with E-state index >= 15 is 0 Å². The van der Waals surface area contributed by atoms with Crippen LogP contribution in [0, 0.1) is 22.2 Å². The van der Waals surface area contributed by atoms with Gasteiger partial charge in [0.15, 0.2) is 0 Å². The number of hydrogen-bond acceptors (Lipinski definition) is 7. The fourth-order valence-electron chi connectivity index (χ4n) is 2.94. The molecular formula is C22H35NO6. The lowest BCUT2D eigenvalue weighted by atomic mass is 9.73. The molecule has 7 nitrogen and oxygen atoms in total. The smallest absolute Gasteiger partial charge is 0.330 e. The van der Waals surface area contributed by atoms with Gasteiger partial charge in [-0.05, 0) is 31.6 Å². The number of hydrogen-bond donors (Lipinski definition) is 0. The van der Waals surface area contributed by atoms with E-state index in [1.165, 1.54) is 0 Å². The van der Waals surface area contributed by atoms with Gasteiger partial charge in [0.25, 0.3) is 0 Å². The second-order valence-corrected chi connectivity index (χ2v) is 8.43. The minimum Gasteiger partial charge on any atom is -0.465 e. The monoisotopic (exact) mass is 409 g/mol. The van der Waals surface area contributed by atoms with Crippen molar-refractivity contribution in [3.05, 3.63) is 25.0 Å². The van der Waals surface area contributed by atoms with Crippen molar-refractivity contribution in [2.45, 2.75) is 66.2 Å². The molecule has 0 saturated carbocycles. The van der Waals surface area contributed by atoms with Gasteiger partial charge >= 0.3 is 11.9 Å². The van der Waals surface area contributed by atoms with Crippen molar-refractivity contribution >= 4 is 11.9 Å². The van der Waals surface area contributed by atoms with Gasteiger partial charge in [-0.3, -0.25) is 4.79 Å². The molecule has 164 valence electrons. The molecule has 0 aromatic heterocycles. The predicted molar refractivity (Wildman–Crippen MR) is 109 cm³/mol.